The number of rotatable bonds is 8. The van der Waals surface area contributed by atoms with E-state index < -0.39 is 5.91 Å². The molecule has 174 valence electrons. The van der Waals surface area contributed by atoms with Gasteiger partial charge in [0.15, 0.2) is 5.75 Å². The minimum Gasteiger partial charge on any atom is -0.494 e. The Morgan fingerprint density at radius 2 is 1.85 bits per heavy atom. The third kappa shape index (κ3) is 6.91. The maximum Gasteiger partial charge on any atom is 0.266 e. The third-order valence-electron chi connectivity index (χ3n) is 4.47. The van der Waals surface area contributed by atoms with Crippen LogP contribution in [0.1, 0.15) is 18.1 Å². The molecule has 0 fully saturated rings. The number of carbonyl (C=O) groups excluding carboxylic acids is 1. The van der Waals surface area contributed by atoms with E-state index in [1.54, 1.807) is 54.6 Å². The molecule has 3 aromatic carbocycles. The highest BCUT2D eigenvalue weighted by Gasteiger charge is 2.14. The van der Waals surface area contributed by atoms with Gasteiger partial charge in [-0.1, -0.05) is 46.9 Å². The van der Waals surface area contributed by atoms with Crippen LogP contribution in [0.25, 0.3) is 6.08 Å². The lowest BCUT2D eigenvalue weighted by molar-refractivity contribution is -0.112. The van der Waals surface area contributed by atoms with E-state index in [0.29, 0.717) is 48.9 Å². The average Bonchev–Trinajstić information content (AvgIpc) is 2.79. The summed E-state index contributed by atoms with van der Waals surface area (Å²) in [5.41, 5.74) is 1.79. The average molecular weight is 581 g/mol. The van der Waals surface area contributed by atoms with E-state index in [-0.39, 0.29) is 12.2 Å². The molecule has 0 aromatic heterocycles. The van der Waals surface area contributed by atoms with E-state index in [4.69, 9.17) is 44.3 Å². The molecule has 0 aliphatic rings. The lowest BCUT2D eigenvalue weighted by Gasteiger charge is -2.12. The standard InChI is InChI=1S/C25H18BrCl3N2O3/c1-2-33-19-5-3-4-18(12-19)31-25(32)17(13-30)8-16-9-20(26)24(23(29)11-16)34-14-15-6-7-21(27)22(28)10-15/h3-12H,2,14H2,1H3,(H,31,32)/b17-8-. The predicted octanol–water partition coefficient (Wildman–Crippen LogP) is 7.93. The van der Waals surface area contributed by atoms with E-state index in [9.17, 15) is 10.1 Å². The van der Waals surface area contributed by atoms with Crippen molar-refractivity contribution in [2.24, 2.45) is 0 Å². The number of nitrogens with zero attached hydrogens (tertiary/aromatic N) is 1. The van der Waals surface area contributed by atoms with Crippen molar-refractivity contribution in [3.8, 4) is 17.6 Å². The molecule has 34 heavy (non-hydrogen) atoms. The molecule has 0 radical (unpaired) electrons. The Hall–Kier alpha value is -2.69. The third-order valence-corrected chi connectivity index (χ3v) is 6.08. The van der Waals surface area contributed by atoms with Crippen LogP contribution in [0.3, 0.4) is 0 Å². The lowest BCUT2D eigenvalue weighted by atomic mass is 10.1. The van der Waals surface area contributed by atoms with Crippen molar-refractivity contribution >= 4 is 68.4 Å². The molecule has 0 bridgehead atoms. The van der Waals surface area contributed by atoms with Gasteiger partial charge >= 0.3 is 0 Å². The maximum atomic E-state index is 12.6. The summed E-state index contributed by atoms with van der Waals surface area (Å²) in [5, 5.41) is 13.4. The molecule has 1 amide bonds. The SMILES string of the molecule is CCOc1cccc(NC(=O)/C(C#N)=C\c2cc(Cl)c(OCc3ccc(Cl)c(Cl)c3)c(Br)c2)c1. The Kier molecular flexibility index (Phi) is 9.26. The van der Waals surface area contributed by atoms with Crippen LogP contribution in [0.4, 0.5) is 5.69 Å². The summed E-state index contributed by atoms with van der Waals surface area (Å²) in [4.78, 5) is 12.6. The predicted molar refractivity (Wildman–Crippen MR) is 140 cm³/mol. The van der Waals surface area contributed by atoms with Gasteiger partial charge in [-0.3, -0.25) is 4.79 Å². The molecule has 0 saturated carbocycles. The molecule has 3 rings (SSSR count). The second-order valence-electron chi connectivity index (χ2n) is 6.94. The molecular formula is C25H18BrCl3N2O3. The zero-order valence-electron chi connectivity index (χ0n) is 17.9. The molecule has 3 aromatic rings. The van der Waals surface area contributed by atoms with Crippen molar-refractivity contribution in [3.63, 3.8) is 0 Å². The van der Waals surface area contributed by atoms with Gasteiger partial charge in [0.1, 0.15) is 24.0 Å². The summed E-state index contributed by atoms with van der Waals surface area (Å²) in [6.07, 6.45) is 1.45. The van der Waals surface area contributed by atoms with Crippen molar-refractivity contribution in [3.05, 3.63) is 90.8 Å². The first-order chi connectivity index (χ1) is 16.3. The van der Waals surface area contributed by atoms with Crippen LogP contribution in [-0.2, 0) is 11.4 Å². The first kappa shape index (κ1) is 25.9. The Labute approximate surface area is 221 Å². The quantitative estimate of drug-likeness (QED) is 0.217. The van der Waals surface area contributed by atoms with Crippen LogP contribution in [0.5, 0.6) is 11.5 Å². The van der Waals surface area contributed by atoms with Crippen molar-refractivity contribution in [1.29, 1.82) is 5.26 Å². The summed E-state index contributed by atoms with van der Waals surface area (Å²) in [6.45, 7) is 2.59. The van der Waals surface area contributed by atoms with Gasteiger partial charge in [-0.15, -0.1) is 0 Å². The minimum atomic E-state index is -0.552. The fourth-order valence-corrected chi connectivity index (χ4v) is 4.24. The van der Waals surface area contributed by atoms with Gasteiger partial charge in [0.05, 0.1) is 26.1 Å². The van der Waals surface area contributed by atoms with Crippen molar-refractivity contribution in [1.82, 2.24) is 0 Å². The zero-order valence-corrected chi connectivity index (χ0v) is 21.7. The summed E-state index contributed by atoms with van der Waals surface area (Å²) in [6, 6.07) is 17.4. The number of nitrogens with one attached hydrogen (secondary N) is 1. The molecule has 0 aliphatic carbocycles. The highest BCUT2D eigenvalue weighted by Crippen LogP contribution is 2.36. The number of hydrogen-bond donors (Lipinski definition) is 1. The summed E-state index contributed by atoms with van der Waals surface area (Å²) in [7, 11) is 0. The van der Waals surface area contributed by atoms with Crippen LogP contribution in [0.15, 0.2) is 64.6 Å². The van der Waals surface area contributed by atoms with E-state index >= 15 is 0 Å². The van der Waals surface area contributed by atoms with E-state index in [1.807, 2.05) is 13.0 Å². The largest absolute Gasteiger partial charge is 0.494 e. The lowest BCUT2D eigenvalue weighted by Crippen LogP contribution is -2.13. The van der Waals surface area contributed by atoms with Crippen LogP contribution < -0.4 is 14.8 Å². The fraction of sp³-hybridized carbons (Fsp3) is 0.120. The number of ether oxygens (including phenoxy) is 2. The number of anilines is 1. The van der Waals surface area contributed by atoms with Gasteiger partial charge < -0.3 is 14.8 Å². The van der Waals surface area contributed by atoms with Gasteiger partial charge in [0.25, 0.3) is 5.91 Å². The Morgan fingerprint density at radius 3 is 2.53 bits per heavy atom. The highest BCUT2D eigenvalue weighted by molar-refractivity contribution is 9.10. The summed E-state index contributed by atoms with van der Waals surface area (Å²) in [5.74, 6) is 0.485. The molecule has 0 atom stereocenters. The van der Waals surface area contributed by atoms with Crippen molar-refractivity contribution in [2.75, 3.05) is 11.9 Å². The number of hydrogen-bond acceptors (Lipinski definition) is 4. The Balaban J connectivity index is 1.75. The van der Waals surface area contributed by atoms with Crippen molar-refractivity contribution in [2.45, 2.75) is 13.5 Å². The van der Waals surface area contributed by atoms with Crippen LogP contribution in [0, 0.1) is 11.3 Å². The molecule has 0 unspecified atom stereocenters. The van der Waals surface area contributed by atoms with Crippen LogP contribution in [-0.4, -0.2) is 12.5 Å². The molecule has 0 heterocycles. The molecular weight excluding hydrogens is 563 g/mol. The molecule has 0 saturated heterocycles. The van der Waals surface area contributed by atoms with Gasteiger partial charge in [0.2, 0.25) is 0 Å². The summed E-state index contributed by atoms with van der Waals surface area (Å²) < 4.78 is 11.8. The van der Waals surface area contributed by atoms with Gasteiger partial charge in [-0.05, 0) is 76.5 Å². The second-order valence-corrected chi connectivity index (χ2v) is 9.01. The molecule has 0 spiro atoms. The van der Waals surface area contributed by atoms with Gasteiger partial charge in [-0.25, -0.2) is 0 Å². The number of nitriles is 1. The summed E-state index contributed by atoms with van der Waals surface area (Å²) >= 11 is 21.8. The van der Waals surface area contributed by atoms with E-state index in [0.717, 1.165) is 5.56 Å². The van der Waals surface area contributed by atoms with Gasteiger partial charge in [-0.2, -0.15) is 5.26 Å². The van der Waals surface area contributed by atoms with E-state index in [1.165, 1.54) is 6.08 Å². The Morgan fingerprint density at radius 1 is 1.06 bits per heavy atom. The monoisotopic (exact) mass is 578 g/mol. The Bertz CT molecular complexity index is 1270. The second kappa shape index (κ2) is 12.1. The van der Waals surface area contributed by atoms with Crippen LogP contribution >= 0.6 is 50.7 Å². The van der Waals surface area contributed by atoms with E-state index in [2.05, 4.69) is 21.2 Å². The first-order valence-corrected chi connectivity index (χ1v) is 11.9. The molecule has 0 aliphatic heterocycles. The fourth-order valence-electron chi connectivity index (χ4n) is 2.93. The van der Waals surface area contributed by atoms with Crippen LogP contribution in [0.2, 0.25) is 15.1 Å². The number of benzene rings is 3. The molecule has 5 nitrogen and oxygen atoms in total. The molecule has 9 heteroatoms. The smallest absolute Gasteiger partial charge is 0.266 e. The number of carbonyl (C=O) groups is 1. The normalized spacial score (nSPS) is 11.0. The van der Waals surface area contributed by atoms with Gasteiger partial charge in [0, 0.05) is 11.8 Å². The molecule has 1 N–H and O–H groups in total. The van der Waals surface area contributed by atoms with Crippen molar-refractivity contribution < 1.29 is 14.3 Å². The minimum absolute atomic E-state index is 0.0887. The zero-order chi connectivity index (χ0) is 24.7. The topological polar surface area (TPSA) is 71.3 Å². The highest BCUT2D eigenvalue weighted by atomic mass is 79.9. The number of halogens is 4. The number of amides is 1. The first-order valence-electron chi connectivity index (χ1n) is 10.0. The maximum absolute atomic E-state index is 12.6.